The minimum Gasteiger partial charge on any atom is -0.449 e. The molecule has 26 heavy (non-hydrogen) atoms. The number of amides is 1. The molecule has 0 radical (unpaired) electrons. The van der Waals surface area contributed by atoms with E-state index in [1.807, 2.05) is 0 Å². The van der Waals surface area contributed by atoms with Crippen LogP contribution in [0.1, 0.15) is 17.3 Å². The second-order valence-corrected chi connectivity index (χ2v) is 6.33. The average Bonchev–Trinajstić information content (AvgIpc) is 2.62. The minimum absolute atomic E-state index is 0.0150. The van der Waals surface area contributed by atoms with Gasteiger partial charge in [0.15, 0.2) is 6.10 Å². The third kappa shape index (κ3) is 4.93. The highest BCUT2D eigenvalue weighted by atomic mass is 35.5. The number of pyridine rings is 1. The maximum Gasteiger partial charge on any atom is 0.339 e. The fourth-order valence-corrected chi connectivity index (χ4v) is 2.58. The number of aromatic nitrogens is 1. The Morgan fingerprint density at radius 3 is 2.65 bits per heavy atom. The molecule has 136 valence electrons. The van der Waals surface area contributed by atoms with Gasteiger partial charge in [-0.1, -0.05) is 11.6 Å². The Labute approximate surface area is 158 Å². The molecule has 1 aromatic carbocycles. The van der Waals surface area contributed by atoms with E-state index in [2.05, 4.69) is 10.3 Å². The third-order valence-corrected chi connectivity index (χ3v) is 4.25. The van der Waals surface area contributed by atoms with E-state index < -0.39 is 22.9 Å². The summed E-state index contributed by atoms with van der Waals surface area (Å²) in [7, 11) is 0. The molecule has 0 fully saturated rings. The first-order valence-electron chi connectivity index (χ1n) is 7.27. The topological polar surface area (TPSA) is 111 Å². The zero-order chi connectivity index (χ0) is 19.3. The SMILES string of the molecule is CSc1ccc(C(=O)O[C@@H](C)C(=O)Nc2ccc(Cl)cn2)cc1[N+](=O)[O-]. The summed E-state index contributed by atoms with van der Waals surface area (Å²) in [6.07, 6.45) is 1.93. The van der Waals surface area contributed by atoms with E-state index in [1.54, 1.807) is 12.3 Å². The van der Waals surface area contributed by atoms with Gasteiger partial charge < -0.3 is 10.1 Å². The number of ether oxygens (including phenoxy) is 1. The Balaban J connectivity index is 2.06. The summed E-state index contributed by atoms with van der Waals surface area (Å²) in [5.74, 6) is -1.18. The van der Waals surface area contributed by atoms with Crippen molar-refractivity contribution < 1.29 is 19.2 Å². The molecule has 0 bridgehead atoms. The normalized spacial score (nSPS) is 11.5. The second kappa shape index (κ2) is 8.63. The highest BCUT2D eigenvalue weighted by Crippen LogP contribution is 2.28. The number of thioether (sulfide) groups is 1. The summed E-state index contributed by atoms with van der Waals surface area (Å²) >= 11 is 6.90. The van der Waals surface area contributed by atoms with Crippen LogP contribution in [0, 0.1) is 10.1 Å². The van der Waals surface area contributed by atoms with E-state index in [0.717, 1.165) is 6.07 Å². The van der Waals surface area contributed by atoms with Gasteiger partial charge in [-0.3, -0.25) is 14.9 Å². The zero-order valence-corrected chi connectivity index (χ0v) is 15.3. The molecule has 1 amide bonds. The average molecular weight is 396 g/mol. The van der Waals surface area contributed by atoms with Gasteiger partial charge in [-0.05, 0) is 37.4 Å². The maximum absolute atomic E-state index is 12.2. The van der Waals surface area contributed by atoms with Crippen LogP contribution >= 0.6 is 23.4 Å². The first-order chi connectivity index (χ1) is 12.3. The van der Waals surface area contributed by atoms with Gasteiger partial charge in [-0.2, -0.15) is 0 Å². The molecular formula is C16H14ClN3O5S. The molecule has 1 atom stereocenters. The van der Waals surface area contributed by atoms with E-state index in [4.69, 9.17) is 16.3 Å². The standard InChI is InChI=1S/C16H14ClN3O5S/c1-9(15(21)19-14-6-4-11(17)8-18-14)25-16(22)10-3-5-13(26-2)12(7-10)20(23)24/h3-9H,1-2H3,(H,18,19,21)/t9-/m0/s1. The van der Waals surface area contributed by atoms with Crippen LogP contribution in [0.5, 0.6) is 0 Å². The molecule has 1 N–H and O–H groups in total. The first-order valence-corrected chi connectivity index (χ1v) is 8.88. The van der Waals surface area contributed by atoms with E-state index in [0.29, 0.717) is 9.92 Å². The Bertz CT molecular complexity index is 844. The number of esters is 1. The molecule has 0 aliphatic heterocycles. The lowest BCUT2D eigenvalue weighted by Crippen LogP contribution is -2.30. The molecule has 0 aliphatic carbocycles. The van der Waals surface area contributed by atoms with Crippen molar-refractivity contribution >= 4 is 46.7 Å². The van der Waals surface area contributed by atoms with Crippen molar-refractivity contribution in [2.24, 2.45) is 0 Å². The lowest BCUT2D eigenvalue weighted by Gasteiger charge is -2.13. The maximum atomic E-state index is 12.2. The summed E-state index contributed by atoms with van der Waals surface area (Å²) in [5.41, 5.74) is -0.215. The number of carbonyl (C=O) groups is 2. The smallest absolute Gasteiger partial charge is 0.339 e. The molecule has 0 saturated heterocycles. The number of anilines is 1. The summed E-state index contributed by atoms with van der Waals surface area (Å²) in [6.45, 7) is 1.38. The van der Waals surface area contributed by atoms with Crippen LogP contribution in [0.15, 0.2) is 41.4 Å². The number of nitro groups is 1. The Morgan fingerprint density at radius 1 is 1.35 bits per heavy atom. The largest absolute Gasteiger partial charge is 0.449 e. The van der Waals surface area contributed by atoms with E-state index in [1.165, 1.54) is 43.1 Å². The molecule has 0 unspecified atom stereocenters. The van der Waals surface area contributed by atoms with Crippen LogP contribution in [-0.4, -0.2) is 34.1 Å². The third-order valence-electron chi connectivity index (χ3n) is 3.24. The monoisotopic (exact) mass is 395 g/mol. The fourth-order valence-electron chi connectivity index (χ4n) is 1.92. The molecule has 1 heterocycles. The molecule has 1 aromatic heterocycles. The van der Waals surface area contributed by atoms with Crippen molar-refractivity contribution in [3.8, 4) is 0 Å². The number of hydrogen-bond acceptors (Lipinski definition) is 7. The molecule has 8 nitrogen and oxygen atoms in total. The van der Waals surface area contributed by atoms with Crippen molar-refractivity contribution in [3.05, 3.63) is 57.2 Å². The van der Waals surface area contributed by atoms with Crippen LogP contribution < -0.4 is 5.32 Å². The number of halogens is 1. The van der Waals surface area contributed by atoms with Gasteiger partial charge in [0, 0.05) is 12.3 Å². The van der Waals surface area contributed by atoms with Gasteiger partial charge in [-0.25, -0.2) is 9.78 Å². The number of rotatable bonds is 6. The summed E-state index contributed by atoms with van der Waals surface area (Å²) in [4.78, 5) is 39.1. The van der Waals surface area contributed by atoms with E-state index in [9.17, 15) is 19.7 Å². The van der Waals surface area contributed by atoms with Crippen molar-refractivity contribution in [2.75, 3.05) is 11.6 Å². The van der Waals surface area contributed by atoms with Crippen molar-refractivity contribution in [1.29, 1.82) is 0 Å². The van der Waals surface area contributed by atoms with Crippen LogP contribution in [0.2, 0.25) is 5.02 Å². The Kier molecular flexibility index (Phi) is 6.53. The summed E-state index contributed by atoms with van der Waals surface area (Å²) in [5, 5.41) is 14.0. The van der Waals surface area contributed by atoms with Crippen molar-refractivity contribution in [1.82, 2.24) is 4.98 Å². The molecule has 2 rings (SSSR count). The van der Waals surface area contributed by atoms with E-state index in [-0.39, 0.29) is 17.1 Å². The van der Waals surface area contributed by atoms with Crippen LogP contribution in [0.25, 0.3) is 0 Å². The number of hydrogen-bond donors (Lipinski definition) is 1. The second-order valence-electron chi connectivity index (χ2n) is 5.04. The lowest BCUT2D eigenvalue weighted by atomic mass is 10.2. The molecule has 10 heteroatoms. The fraction of sp³-hybridized carbons (Fsp3) is 0.188. The number of nitrogens with zero attached hydrogens (tertiary/aromatic N) is 2. The summed E-state index contributed by atoms with van der Waals surface area (Å²) in [6, 6.07) is 7.04. The summed E-state index contributed by atoms with van der Waals surface area (Å²) < 4.78 is 5.07. The quantitative estimate of drug-likeness (QED) is 0.344. The number of nitro benzene ring substituents is 1. The molecule has 0 aliphatic rings. The van der Waals surface area contributed by atoms with Gasteiger partial charge in [0.1, 0.15) is 5.82 Å². The number of nitrogens with one attached hydrogen (secondary N) is 1. The number of benzene rings is 1. The molecular weight excluding hydrogens is 382 g/mol. The van der Waals surface area contributed by atoms with Crippen molar-refractivity contribution in [3.63, 3.8) is 0 Å². The highest BCUT2D eigenvalue weighted by molar-refractivity contribution is 7.98. The predicted octanol–water partition coefficient (Wildman–Crippen LogP) is 3.55. The van der Waals surface area contributed by atoms with Crippen molar-refractivity contribution in [2.45, 2.75) is 17.9 Å². The predicted molar refractivity (Wildman–Crippen MR) is 97.6 cm³/mol. The molecule has 2 aromatic rings. The van der Waals surface area contributed by atoms with Gasteiger partial charge in [0.05, 0.1) is 20.4 Å². The lowest BCUT2D eigenvalue weighted by molar-refractivity contribution is -0.387. The van der Waals surface area contributed by atoms with Gasteiger partial charge >= 0.3 is 5.97 Å². The van der Waals surface area contributed by atoms with E-state index >= 15 is 0 Å². The van der Waals surface area contributed by atoms with Crippen LogP contribution in [0.3, 0.4) is 0 Å². The van der Waals surface area contributed by atoms with Gasteiger partial charge in [0.2, 0.25) is 0 Å². The zero-order valence-electron chi connectivity index (χ0n) is 13.8. The molecule has 0 spiro atoms. The molecule has 0 saturated carbocycles. The minimum atomic E-state index is -1.13. The highest BCUT2D eigenvalue weighted by Gasteiger charge is 2.22. The van der Waals surface area contributed by atoms with Crippen LogP contribution in [-0.2, 0) is 9.53 Å². The Morgan fingerprint density at radius 2 is 2.08 bits per heavy atom. The van der Waals surface area contributed by atoms with Crippen LogP contribution in [0.4, 0.5) is 11.5 Å². The Hall–Kier alpha value is -2.65. The van der Waals surface area contributed by atoms with Gasteiger partial charge in [0.25, 0.3) is 11.6 Å². The number of carbonyl (C=O) groups excluding carboxylic acids is 2. The van der Waals surface area contributed by atoms with Gasteiger partial charge in [-0.15, -0.1) is 11.8 Å². The first kappa shape index (κ1) is 19.7.